The zero-order valence-electron chi connectivity index (χ0n) is 9.50. The minimum atomic E-state index is -0.536. The number of ketones is 1. The van der Waals surface area contributed by atoms with Crippen LogP contribution in [0.25, 0.3) is 11.4 Å². The van der Waals surface area contributed by atoms with E-state index in [2.05, 4.69) is 10.1 Å². The maximum absolute atomic E-state index is 11.6. The zero-order valence-corrected chi connectivity index (χ0v) is 9.50. The van der Waals surface area contributed by atoms with Gasteiger partial charge in [-0.2, -0.15) is 4.98 Å². The standard InChI is InChI=1S/C12H11N3O3/c13-10(17)7-6-9(16)12-14-11(15-18-12)8-4-2-1-3-5-8/h1-5H,6-7H2,(H2,13,17). The van der Waals surface area contributed by atoms with Crippen LogP contribution in [0.3, 0.4) is 0 Å². The highest BCUT2D eigenvalue weighted by Crippen LogP contribution is 2.15. The third-order valence-corrected chi connectivity index (χ3v) is 2.30. The number of benzene rings is 1. The highest BCUT2D eigenvalue weighted by Gasteiger charge is 2.16. The van der Waals surface area contributed by atoms with E-state index in [1.54, 1.807) is 0 Å². The zero-order chi connectivity index (χ0) is 13.0. The van der Waals surface area contributed by atoms with E-state index in [9.17, 15) is 9.59 Å². The number of amides is 1. The fourth-order valence-corrected chi connectivity index (χ4v) is 1.38. The Balaban J connectivity index is 2.11. The molecule has 1 aromatic carbocycles. The summed E-state index contributed by atoms with van der Waals surface area (Å²) < 4.78 is 4.85. The van der Waals surface area contributed by atoms with Crippen LogP contribution < -0.4 is 5.73 Å². The van der Waals surface area contributed by atoms with Gasteiger partial charge in [0.1, 0.15) is 0 Å². The van der Waals surface area contributed by atoms with Gasteiger partial charge in [0.25, 0.3) is 5.89 Å². The summed E-state index contributed by atoms with van der Waals surface area (Å²) in [5, 5.41) is 3.71. The molecule has 92 valence electrons. The number of nitrogens with two attached hydrogens (primary N) is 1. The maximum Gasteiger partial charge on any atom is 0.294 e. The normalized spacial score (nSPS) is 10.2. The lowest BCUT2D eigenvalue weighted by molar-refractivity contribution is -0.118. The van der Waals surface area contributed by atoms with E-state index in [1.165, 1.54) is 0 Å². The summed E-state index contributed by atoms with van der Waals surface area (Å²) in [6, 6.07) is 9.15. The molecule has 0 saturated heterocycles. The molecule has 2 aromatic rings. The molecule has 1 aromatic heterocycles. The second kappa shape index (κ2) is 5.22. The van der Waals surface area contributed by atoms with E-state index < -0.39 is 5.91 Å². The van der Waals surface area contributed by atoms with Crippen LogP contribution in [0.15, 0.2) is 34.9 Å². The Labute approximate surface area is 103 Å². The van der Waals surface area contributed by atoms with Crippen molar-refractivity contribution in [3.63, 3.8) is 0 Å². The Kier molecular flexibility index (Phi) is 3.47. The smallest absolute Gasteiger partial charge is 0.294 e. The molecule has 0 saturated carbocycles. The Bertz CT molecular complexity index is 563. The van der Waals surface area contributed by atoms with Gasteiger partial charge in [0.15, 0.2) is 0 Å². The fraction of sp³-hybridized carbons (Fsp3) is 0.167. The van der Waals surface area contributed by atoms with Crippen LogP contribution in [0, 0.1) is 0 Å². The van der Waals surface area contributed by atoms with Crippen molar-refractivity contribution >= 4 is 11.7 Å². The average molecular weight is 245 g/mol. The van der Waals surface area contributed by atoms with E-state index in [0.717, 1.165) is 5.56 Å². The van der Waals surface area contributed by atoms with Gasteiger partial charge in [-0.25, -0.2) is 0 Å². The van der Waals surface area contributed by atoms with Crippen LogP contribution in [-0.2, 0) is 4.79 Å². The molecule has 0 unspecified atom stereocenters. The number of hydrogen-bond acceptors (Lipinski definition) is 5. The van der Waals surface area contributed by atoms with Crippen LogP contribution in [0.1, 0.15) is 23.5 Å². The predicted octanol–water partition coefficient (Wildman–Crippen LogP) is 1.18. The summed E-state index contributed by atoms with van der Waals surface area (Å²) in [5.41, 5.74) is 5.72. The molecule has 0 aliphatic heterocycles. The molecule has 6 heteroatoms. The Morgan fingerprint density at radius 1 is 1.17 bits per heavy atom. The van der Waals surface area contributed by atoms with Gasteiger partial charge >= 0.3 is 0 Å². The van der Waals surface area contributed by atoms with Crippen LogP contribution in [0.5, 0.6) is 0 Å². The quantitative estimate of drug-likeness (QED) is 0.797. The molecule has 2 N–H and O–H groups in total. The maximum atomic E-state index is 11.6. The number of Topliss-reactive ketones (excluding diaryl/α,β-unsaturated/α-hetero) is 1. The van der Waals surface area contributed by atoms with Crippen molar-refractivity contribution < 1.29 is 14.1 Å². The number of nitrogens with zero attached hydrogens (tertiary/aromatic N) is 2. The molecule has 1 heterocycles. The third-order valence-electron chi connectivity index (χ3n) is 2.30. The fourth-order valence-electron chi connectivity index (χ4n) is 1.38. The molecule has 0 aliphatic rings. The highest BCUT2D eigenvalue weighted by molar-refractivity contribution is 5.94. The summed E-state index contributed by atoms with van der Waals surface area (Å²) in [5.74, 6) is -0.678. The Hall–Kier alpha value is -2.50. The lowest BCUT2D eigenvalue weighted by atomic mass is 10.2. The second-order valence-electron chi connectivity index (χ2n) is 3.68. The molecule has 2 rings (SSSR count). The lowest BCUT2D eigenvalue weighted by Gasteiger charge is -1.92. The van der Waals surface area contributed by atoms with E-state index in [4.69, 9.17) is 10.3 Å². The average Bonchev–Trinajstić information content (AvgIpc) is 2.86. The number of primary amides is 1. The van der Waals surface area contributed by atoms with Crippen LogP contribution in [0.4, 0.5) is 0 Å². The molecule has 18 heavy (non-hydrogen) atoms. The van der Waals surface area contributed by atoms with E-state index in [0.29, 0.717) is 5.82 Å². The monoisotopic (exact) mass is 245 g/mol. The summed E-state index contributed by atoms with van der Waals surface area (Å²) in [6.07, 6.45) is -0.0480. The van der Waals surface area contributed by atoms with Crippen molar-refractivity contribution in [1.29, 1.82) is 0 Å². The van der Waals surface area contributed by atoms with Crippen molar-refractivity contribution in [3.8, 4) is 11.4 Å². The first kappa shape index (κ1) is 12.0. The largest absolute Gasteiger partial charge is 0.370 e. The number of rotatable bonds is 5. The third kappa shape index (κ3) is 2.79. The molecule has 0 aliphatic carbocycles. The van der Waals surface area contributed by atoms with Gasteiger partial charge in [-0.05, 0) is 0 Å². The van der Waals surface area contributed by atoms with E-state index >= 15 is 0 Å². The summed E-state index contributed by atoms with van der Waals surface area (Å²) in [7, 11) is 0. The van der Waals surface area contributed by atoms with Crippen LogP contribution in [-0.4, -0.2) is 21.8 Å². The highest BCUT2D eigenvalue weighted by atomic mass is 16.5. The molecular formula is C12H11N3O3. The number of aromatic nitrogens is 2. The summed E-state index contributed by atoms with van der Waals surface area (Å²) >= 11 is 0. The number of hydrogen-bond donors (Lipinski definition) is 1. The van der Waals surface area contributed by atoms with E-state index in [-0.39, 0.29) is 24.5 Å². The van der Waals surface area contributed by atoms with Gasteiger partial charge in [-0.15, -0.1) is 0 Å². The molecule has 0 atom stereocenters. The predicted molar refractivity (Wildman–Crippen MR) is 62.5 cm³/mol. The minimum absolute atomic E-state index is 0.0221. The summed E-state index contributed by atoms with van der Waals surface area (Å²) in [6.45, 7) is 0. The molecule has 1 amide bonds. The lowest BCUT2D eigenvalue weighted by Crippen LogP contribution is -2.12. The summed E-state index contributed by atoms with van der Waals surface area (Å²) in [4.78, 5) is 26.1. The van der Waals surface area contributed by atoms with Gasteiger partial charge in [-0.3, -0.25) is 9.59 Å². The number of carbonyl (C=O) groups excluding carboxylic acids is 2. The van der Waals surface area contributed by atoms with E-state index in [1.807, 2.05) is 30.3 Å². The first-order chi connectivity index (χ1) is 8.66. The van der Waals surface area contributed by atoms with Crippen molar-refractivity contribution in [2.24, 2.45) is 5.73 Å². The molecule has 0 fully saturated rings. The van der Waals surface area contributed by atoms with Crippen molar-refractivity contribution in [2.45, 2.75) is 12.8 Å². The number of carbonyl (C=O) groups is 2. The van der Waals surface area contributed by atoms with Crippen molar-refractivity contribution in [1.82, 2.24) is 10.1 Å². The second-order valence-corrected chi connectivity index (χ2v) is 3.68. The Morgan fingerprint density at radius 2 is 1.89 bits per heavy atom. The van der Waals surface area contributed by atoms with Crippen molar-refractivity contribution in [2.75, 3.05) is 0 Å². The molecule has 6 nitrogen and oxygen atoms in total. The van der Waals surface area contributed by atoms with Gasteiger partial charge in [0, 0.05) is 18.4 Å². The first-order valence-corrected chi connectivity index (χ1v) is 5.37. The molecular weight excluding hydrogens is 234 g/mol. The van der Waals surface area contributed by atoms with Gasteiger partial charge in [0.05, 0.1) is 0 Å². The molecule has 0 spiro atoms. The molecule has 0 bridgehead atoms. The molecule has 0 radical (unpaired) electrons. The first-order valence-electron chi connectivity index (χ1n) is 5.37. The van der Waals surface area contributed by atoms with Crippen molar-refractivity contribution in [3.05, 3.63) is 36.2 Å². The van der Waals surface area contributed by atoms with Crippen LogP contribution in [0.2, 0.25) is 0 Å². The van der Waals surface area contributed by atoms with Gasteiger partial charge in [0.2, 0.25) is 17.5 Å². The van der Waals surface area contributed by atoms with Gasteiger partial charge in [-0.1, -0.05) is 35.5 Å². The van der Waals surface area contributed by atoms with Gasteiger partial charge < -0.3 is 10.3 Å². The minimum Gasteiger partial charge on any atom is -0.370 e. The SMILES string of the molecule is NC(=O)CCC(=O)c1nc(-c2ccccc2)no1. The van der Waals surface area contributed by atoms with Crippen LogP contribution >= 0.6 is 0 Å². The Morgan fingerprint density at radius 3 is 2.56 bits per heavy atom. The topological polar surface area (TPSA) is 99.1 Å².